The third-order valence-corrected chi connectivity index (χ3v) is 3.67. The number of methoxy groups -OCH3 is 1. The van der Waals surface area contributed by atoms with Gasteiger partial charge in [0.25, 0.3) is 0 Å². The minimum Gasteiger partial charge on any atom is -0.497 e. The molecular weight excluding hydrogens is 329 g/mol. The molecule has 2 aromatic carbocycles. The van der Waals surface area contributed by atoms with Crippen molar-refractivity contribution in [3.63, 3.8) is 0 Å². The van der Waals surface area contributed by atoms with Gasteiger partial charge in [-0.1, -0.05) is 41.4 Å². The highest BCUT2D eigenvalue weighted by Gasteiger charge is 2.01. The fourth-order valence-corrected chi connectivity index (χ4v) is 2.39. The minimum atomic E-state index is 0. The van der Waals surface area contributed by atoms with Crippen LogP contribution in [0.1, 0.15) is 11.1 Å². The van der Waals surface area contributed by atoms with E-state index in [1.807, 2.05) is 24.3 Å². The summed E-state index contributed by atoms with van der Waals surface area (Å²) in [5.74, 6) is 0.884. The Morgan fingerprint density at radius 2 is 1.76 bits per heavy atom. The SMILES string of the molecule is COc1ccc(CCNCc2ccc(Cl)cc2Cl)cc1.Cl. The topological polar surface area (TPSA) is 21.3 Å². The molecule has 0 spiro atoms. The van der Waals surface area contributed by atoms with Crippen LogP contribution in [0.25, 0.3) is 0 Å². The Labute approximate surface area is 141 Å². The van der Waals surface area contributed by atoms with Crippen molar-refractivity contribution in [3.05, 3.63) is 63.6 Å². The van der Waals surface area contributed by atoms with Crippen molar-refractivity contribution in [1.29, 1.82) is 0 Å². The van der Waals surface area contributed by atoms with Crippen molar-refractivity contribution in [2.45, 2.75) is 13.0 Å². The maximum absolute atomic E-state index is 6.12. The summed E-state index contributed by atoms with van der Waals surface area (Å²) in [5.41, 5.74) is 2.34. The molecule has 0 amide bonds. The number of nitrogens with one attached hydrogen (secondary N) is 1. The maximum atomic E-state index is 6.12. The molecule has 0 fully saturated rings. The average Bonchev–Trinajstić information content (AvgIpc) is 2.46. The zero-order chi connectivity index (χ0) is 14.4. The van der Waals surface area contributed by atoms with E-state index in [-0.39, 0.29) is 12.4 Å². The average molecular weight is 347 g/mol. The normalized spacial score (nSPS) is 10.0. The Balaban J connectivity index is 0.00000220. The molecule has 0 heterocycles. The molecule has 21 heavy (non-hydrogen) atoms. The van der Waals surface area contributed by atoms with E-state index in [4.69, 9.17) is 27.9 Å². The molecule has 2 aromatic rings. The lowest BCUT2D eigenvalue weighted by molar-refractivity contribution is 0.414. The maximum Gasteiger partial charge on any atom is 0.118 e. The third-order valence-electron chi connectivity index (χ3n) is 3.08. The highest BCUT2D eigenvalue weighted by atomic mass is 35.5. The van der Waals surface area contributed by atoms with Gasteiger partial charge >= 0.3 is 0 Å². The van der Waals surface area contributed by atoms with Crippen molar-refractivity contribution in [2.75, 3.05) is 13.7 Å². The molecule has 0 atom stereocenters. The van der Waals surface area contributed by atoms with E-state index in [9.17, 15) is 0 Å². The second-order valence-corrected chi connectivity index (χ2v) is 5.35. The lowest BCUT2D eigenvalue weighted by Gasteiger charge is -2.08. The van der Waals surface area contributed by atoms with Gasteiger partial charge in [0.1, 0.15) is 5.75 Å². The Morgan fingerprint density at radius 1 is 1.05 bits per heavy atom. The van der Waals surface area contributed by atoms with E-state index in [0.29, 0.717) is 10.0 Å². The first kappa shape index (κ1) is 18.1. The summed E-state index contributed by atoms with van der Waals surface area (Å²) in [6, 6.07) is 13.7. The number of halogens is 3. The number of hydrogen-bond acceptors (Lipinski definition) is 2. The first-order valence-corrected chi connectivity index (χ1v) is 7.22. The van der Waals surface area contributed by atoms with E-state index in [2.05, 4.69) is 17.4 Å². The summed E-state index contributed by atoms with van der Waals surface area (Å²) in [4.78, 5) is 0. The summed E-state index contributed by atoms with van der Waals surface area (Å²) >= 11 is 12.0. The number of rotatable bonds is 6. The molecule has 0 bridgehead atoms. The van der Waals surface area contributed by atoms with E-state index in [1.54, 1.807) is 13.2 Å². The quantitative estimate of drug-likeness (QED) is 0.762. The molecule has 2 nitrogen and oxygen atoms in total. The highest BCUT2D eigenvalue weighted by molar-refractivity contribution is 6.35. The summed E-state index contributed by atoms with van der Waals surface area (Å²) in [6.45, 7) is 1.64. The van der Waals surface area contributed by atoms with Crippen molar-refractivity contribution in [2.24, 2.45) is 0 Å². The van der Waals surface area contributed by atoms with E-state index >= 15 is 0 Å². The molecule has 1 N–H and O–H groups in total. The van der Waals surface area contributed by atoms with E-state index < -0.39 is 0 Å². The molecule has 0 unspecified atom stereocenters. The number of ether oxygens (including phenoxy) is 1. The van der Waals surface area contributed by atoms with Crippen LogP contribution in [0.3, 0.4) is 0 Å². The van der Waals surface area contributed by atoms with Crippen LogP contribution in [0, 0.1) is 0 Å². The fourth-order valence-electron chi connectivity index (χ4n) is 1.91. The van der Waals surface area contributed by atoms with Crippen LogP contribution >= 0.6 is 35.6 Å². The summed E-state index contributed by atoms with van der Waals surface area (Å²) in [6.07, 6.45) is 0.967. The van der Waals surface area contributed by atoms with Crippen LogP contribution in [0.2, 0.25) is 10.0 Å². The number of hydrogen-bond donors (Lipinski definition) is 1. The summed E-state index contributed by atoms with van der Waals surface area (Å²) in [5, 5.41) is 4.75. The van der Waals surface area contributed by atoms with E-state index in [1.165, 1.54) is 5.56 Å². The molecule has 0 aromatic heterocycles. The van der Waals surface area contributed by atoms with Crippen LogP contribution in [-0.2, 0) is 13.0 Å². The first-order chi connectivity index (χ1) is 9.69. The smallest absolute Gasteiger partial charge is 0.118 e. The highest BCUT2D eigenvalue weighted by Crippen LogP contribution is 2.20. The molecule has 114 valence electrons. The largest absolute Gasteiger partial charge is 0.497 e. The summed E-state index contributed by atoms with van der Waals surface area (Å²) < 4.78 is 5.13. The monoisotopic (exact) mass is 345 g/mol. The molecule has 0 aliphatic carbocycles. The van der Waals surface area contributed by atoms with Crippen molar-refractivity contribution < 1.29 is 4.74 Å². The molecule has 0 saturated heterocycles. The van der Waals surface area contributed by atoms with Gasteiger partial charge in [0.05, 0.1) is 7.11 Å². The fraction of sp³-hybridized carbons (Fsp3) is 0.250. The van der Waals surface area contributed by atoms with Crippen molar-refractivity contribution in [1.82, 2.24) is 5.32 Å². The molecule has 0 aliphatic heterocycles. The lowest BCUT2D eigenvalue weighted by atomic mass is 10.1. The lowest BCUT2D eigenvalue weighted by Crippen LogP contribution is -2.16. The number of benzene rings is 2. The predicted molar refractivity (Wildman–Crippen MR) is 92.1 cm³/mol. The second-order valence-electron chi connectivity index (χ2n) is 4.51. The Morgan fingerprint density at radius 3 is 2.38 bits per heavy atom. The minimum absolute atomic E-state index is 0. The molecule has 0 saturated carbocycles. The zero-order valence-corrected chi connectivity index (χ0v) is 14.1. The Bertz CT molecular complexity index is 558. The molecule has 0 aliphatic rings. The van der Waals surface area contributed by atoms with Crippen molar-refractivity contribution >= 4 is 35.6 Å². The van der Waals surface area contributed by atoms with Gasteiger partial charge in [-0.3, -0.25) is 0 Å². The summed E-state index contributed by atoms with van der Waals surface area (Å²) in [7, 11) is 1.67. The van der Waals surface area contributed by atoms with Gasteiger partial charge in [0.15, 0.2) is 0 Å². The van der Waals surface area contributed by atoms with Gasteiger partial charge in [0, 0.05) is 16.6 Å². The molecule has 2 rings (SSSR count). The standard InChI is InChI=1S/C16H17Cl2NO.ClH/c1-20-15-6-2-12(3-7-15)8-9-19-11-13-4-5-14(17)10-16(13)18;/h2-7,10,19H,8-9,11H2,1H3;1H. The molecule has 0 radical (unpaired) electrons. The van der Waals surface area contributed by atoms with Crippen LogP contribution in [0.4, 0.5) is 0 Å². The first-order valence-electron chi connectivity index (χ1n) is 6.46. The van der Waals surface area contributed by atoms with Gasteiger partial charge in [-0.05, 0) is 48.4 Å². The van der Waals surface area contributed by atoms with Gasteiger partial charge in [-0.15, -0.1) is 12.4 Å². The Hall–Kier alpha value is -0.930. The molecule has 5 heteroatoms. The Kier molecular flexibility index (Phi) is 7.91. The van der Waals surface area contributed by atoms with Gasteiger partial charge < -0.3 is 10.1 Å². The van der Waals surface area contributed by atoms with E-state index in [0.717, 1.165) is 30.8 Å². The zero-order valence-electron chi connectivity index (χ0n) is 11.7. The van der Waals surface area contributed by atoms with Gasteiger partial charge in [-0.2, -0.15) is 0 Å². The third kappa shape index (κ3) is 5.76. The van der Waals surface area contributed by atoms with Crippen LogP contribution in [-0.4, -0.2) is 13.7 Å². The molecular formula is C16H18Cl3NO. The second kappa shape index (κ2) is 9.16. The van der Waals surface area contributed by atoms with Crippen molar-refractivity contribution in [3.8, 4) is 5.75 Å². The van der Waals surface area contributed by atoms with Gasteiger partial charge in [0.2, 0.25) is 0 Å². The van der Waals surface area contributed by atoms with Crippen LogP contribution in [0.5, 0.6) is 5.75 Å². The predicted octanol–water partition coefficient (Wildman–Crippen LogP) is 4.76. The van der Waals surface area contributed by atoms with Crippen LogP contribution < -0.4 is 10.1 Å². The van der Waals surface area contributed by atoms with Crippen LogP contribution in [0.15, 0.2) is 42.5 Å². The van der Waals surface area contributed by atoms with Gasteiger partial charge in [-0.25, -0.2) is 0 Å².